The number of aliphatic hydroxyl groups excluding tert-OH is 2. The normalized spacial score (nSPS) is 10.9. The van der Waals surface area contributed by atoms with Crippen molar-refractivity contribution in [2.45, 2.75) is 6.92 Å². The Morgan fingerprint density at radius 1 is 1.37 bits per heavy atom. The molecule has 19 heavy (non-hydrogen) atoms. The van der Waals surface area contributed by atoms with Crippen LogP contribution in [0.3, 0.4) is 0 Å². The van der Waals surface area contributed by atoms with Gasteiger partial charge in [0, 0.05) is 25.5 Å². The van der Waals surface area contributed by atoms with Crippen LogP contribution in [0.4, 0.5) is 0 Å². The van der Waals surface area contributed by atoms with Crippen LogP contribution in [0.1, 0.15) is 16.1 Å². The van der Waals surface area contributed by atoms with E-state index in [0.717, 1.165) is 5.56 Å². The first kappa shape index (κ1) is 13.5. The molecule has 6 nitrogen and oxygen atoms in total. The number of hydrogen-bond acceptors (Lipinski definition) is 4. The largest absolute Gasteiger partial charge is 0.395 e. The highest BCUT2D eigenvalue weighted by Crippen LogP contribution is 2.09. The van der Waals surface area contributed by atoms with E-state index in [0.29, 0.717) is 11.3 Å². The predicted octanol–water partition coefficient (Wildman–Crippen LogP) is 0.0695. The summed E-state index contributed by atoms with van der Waals surface area (Å²) in [5, 5.41) is 17.9. The van der Waals surface area contributed by atoms with Gasteiger partial charge in [0.25, 0.3) is 5.91 Å². The first-order chi connectivity index (χ1) is 9.15. The molecule has 0 saturated heterocycles. The minimum atomic E-state index is -0.288. The van der Waals surface area contributed by atoms with Crippen LogP contribution >= 0.6 is 0 Å². The van der Waals surface area contributed by atoms with E-state index in [4.69, 9.17) is 10.2 Å². The summed E-state index contributed by atoms with van der Waals surface area (Å²) >= 11 is 0. The smallest absolute Gasteiger partial charge is 0.274 e. The monoisotopic (exact) mass is 263 g/mol. The number of nitrogens with zero attached hydrogens (tertiary/aromatic N) is 3. The maximum absolute atomic E-state index is 12.2. The Bertz CT molecular complexity index is 574. The summed E-state index contributed by atoms with van der Waals surface area (Å²) < 4.78 is 1.77. The van der Waals surface area contributed by atoms with Crippen LogP contribution in [0.2, 0.25) is 0 Å². The molecule has 0 unspecified atom stereocenters. The van der Waals surface area contributed by atoms with Crippen LogP contribution in [0.25, 0.3) is 5.65 Å². The van der Waals surface area contributed by atoms with E-state index in [1.54, 1.807) is 10.6 Å². The highest BCUT2D eigenvalue weighted by Gasteiger charge is 2.17. The van der Waals surface area contributed by atoms with Crippen molar-refractivity contribution in [1.82, 2.24) is 14.3 Å². The highest BCUT2D eigenvalue weighted by molar-refractivity contribution is 5.93. The molecular weight excluding hydrogens is 246 g/mol. The van der Waals surface area contributed by atoms with Crippen LogP contribution in [-0.2, 0) is 0 Å². The maximum Gasteiger partial charge on any atom is 0.274 e. The number of carbonyl (C=O) groups is 1. The second-order valence-corrected chi connectivity index (χ2v) is 4.34. The van der Waals surface area contributed by atoms with Crippen molar-refractivity contribution in [2.75, 3.05) is 26.3 Å². The third-order valence-electron chi connectivity index (χ3n) is 2.86. The molecular formula is C13H17N3O3. The average Bonchev–Trinajstić information content (AvgIpc) is 2.80. The summed E-state index contributed by atoms with van der Waals surface area (Å²) in [5.74, 6) is -0.288. The summed E-state index contributed by atoms with van der Waals surface area (Å²) in [6.45, 7) is 2.05. The van der Waals surface area contributed by atoms with E-state index in [9.17, 15) is 4.79 Å². The van der Waals surface area contributed by atoms with Crippen molar-refractivity contribution in [1.29, 1.82) is 0 Å². The SMILES string of the molecule is Cc1ccn2cc(C(=O)N(CCO)CCO)nc2c1. The molecule has 0 aliphatic heterocycles. The molecule has 102 valence electrons. The lowest BCUT2D eigenvalue weighted by molar-refractivity contribution is 0.0679. The van der Waals surface area contributed by atoms with E-state index < -0.39 is 0 Å². The quantitative estimate of drug-likeness (QED) is 0.800. The molecule has 0 spiro atoms. The van der Waals surface area contributed by atoms with Gasteiger partial charge in [-0.15, -0.1) is 0 Å². The van der Waals surface area contributed by atoms with Crippen molar-refractivity contribution in [3.63, 3.8) is 0 Å². The van der Waals surface area contributed by atoms with E-state index in [1.807, 2.05) is 25.3 Å². The van der Waals surface area contributed by atoms with Gasteiger partial charge in [0.2, 0.25) is 0 Å². The second-order valence-electron chi connectivity index (χ2n) is 4.34. The summed E-state index contributed by atoms with van der Waals surface area (Å²) in [7, 11) is 0. The molecule has 0 radical (unpaired) electrons. The Labute approximate surface area is 110 Å². The van der Waals surface area contributed by atoms with Crippen molar-refractivity contribution in [2.24, 2.45) is 0 Å². The third-order valence-corrected chi connectivity index (χ3v) is 2.86. The standard InChI is InChI=1S/C13H17N3O3/c1-10-2-3-16-9-11(14-12(16)8-10)13(19)15(4-6-17)5-7-18/h2-3,8-9,17-18H,4-7H2,1H3. The number of hydrogen-bond donors (Lipinski definition) is 2. The van der Waals surface area contributed by atoms with Gasteiger partial charge in [0.15, 0.2) is 0 Å². The molecule has 2 aromatic heterocycles. The van der Waals surface area contributed by atoms with Gasteiger partial charge in [-0.2, -0.15) is 0 Å². The fourth-order valence-electron chi connectivity index (χ4n) is 1.91. The minimum Gasteiger partial charge on any atom is -0.395 e. The summed E-state index contributed by atoms with van der Waals surface area (Å²) in [4.78, 5) is 17.9. The molecule has 0 fully saturated rings. The lowest BCUT2D eigenvalue weighted by atomic mass is 10.3. The zero-order valence-electron chi connectivity index (χ0n) is 10.8. The Kier molecular flexibility index (Phi) is 4.13. The molecule has 2 heterocycles. The number of aromatic nitrogens is 2. The van der Waals surface area contributed by atoms with Gasteiger partial charge in [-0.3, -0.25) is 4.79 Å². The number of rotatable bonds is 5. The molecule has 2 N–H and O–H groups in total. The lowest BCUT2D eigenvalue weighted by Crippen LogP contribution is -2.36. The maximum atomic E-state index is 12.2. The van der Waals surface area contributed by atoms with Crippen LogP contribution in [0.5, 0.6) is 0 Å². The Morgan fingerprint density at radius 3 is 2.68 bits per heavy atom. The number of fused-ring (bicyclic) bond motifs is 1. The summed E-state index contributed by atoms with van der Waals surface area (Å²) in [6, 6.07) is 3.82. The summed E-state index contributed by atoms with van der Waals surface area (Å²) in [6.07, 6.45) is 3.50. The first-order valence-electron chi connectivity index (χ1n) is 6.12. The molecule has 2 aromatic rings. The Morgan fingerprint density at radius 2 is 2.05 bits per heavy atom. The zero-order chi connectivity index (χ0) is 13.8. The van der Waals surface area contributed by atoms with E-state index >= 15 is 0 Å². The van der Waals surface area contributed by atoms with Crippen LogP contribution in [0, 0.1) is 6.92 Å². The van der Waals surface area contributed by atoms with E-state index in [1.165, 1.54) is 4.90 Å². The van der Waals surface area contributed by atoms with Gasteiger partial charge in [0.05, 0.1) is 13.2 Å². The topological polar surface area (TPSA) is 78.1 Å². The molecule has 0 saturated carbocycles. The van der Waals surface area contributed by atoms with Gasteiger partial charge in [-0.1, -0.05) is 0 Å². The van der Waals surface area contributed by atoms with Gasteiger partial charge in [-0.05, 0) is 24.6 Å². The van der Waals surface area contributed by atoms with Gasteiger partial charge < -0.3 is 19.5 Å². The highest BCUT2D eigenvalue weighted by atomic mass is 16.3. The number of aryl methyl sites for hydroxylation is 1. The minimum absolute atomic E-state index is 0.141. The van der Waals surface area contributed by atoms with Gasteiger partial charge in [-0.25, -0.2) is 4.98 Å². The van der Waals surface area contributed by atoms with Crippen molar-refractivity contribution in [3.05, 3.63) is 35.8 Å². The van der Waals surface area contributed by atoms with Crippen LogP contribution in [0.15, 0.2) is 24.5 Å². The number of pyridine rings is 1. The fourth-order valence-corrected chi connectivity index (χ4v) is 1.91. The molecule has 0 aliphatic carbocycles. The van der Waals surface area contributed by atoms with E-state index in [2.05, 4.69) is 4.98 Å². The molecule has 0 bridgehead atoms. The number of aliphatic hydroxyl groups is 2. The molecule has 2 rings (SSSR count). The molecule has 0 atom stereocenters. The predicted molar refractivity (Wildman–Crippen MR) is 70.0 cm³/mol. The van der Waals surface area contributed by atoms with E-state index in [-0.39, 0.29) is 32.2 Å². The average molecular weight is 263 g/mol. The van der Waals surface area contributed by atoms with Crippen LogP contribution < -0.4 is 0 Å². The molecule has 1 amide bonds. The number of carbonyl (C=O) groups excluding carboxylic acids is 1. The van der Waals surface area contributed by atoms with Crippen molar-refractivity contribution in [3.8, 4) is 0 Å². The third kappa shape index (κ3) is 2.91. The Hall–Kier alpha value is -1.92. The van der Waals surface area contributed by atoms with Gasteiger partial charge >= 0.3 is 0 Å². The van der Waals surface area contributed by atoms with Crippen LogP contribution in [-0.4, -0.2) is 56.7 Å². The van der Waals surface area contributed by atoms with Crippen molar-refractivity contribution >= 4 is 11.6 Å². The summed E-state index contributed by atoms with van der Waals surface area (Å²) in [5.41, 5.74) is 2.09. The lowest BCUT2D eigenvalue weighted by Gasteiger charge is -2.19. The van der Waals surface area contributed by atoms with Gasteiger partial charge in [0.1, 0.15) is 11.3 Å². The number of amides is 1. The molecule has 0 aliphatic rings. The molecule has 0 aromatic carbocycles. The molecule has 6 heteroatoms. The fraction of sp³-hybridized carbons (Fsp3) is 0.385. The zero-order valence-corrected chi connectivity index (χ0v) is 10.8. The van der Waals surface area contributed by atoms with Crippen molar-refractivity contribution < 1.29 is 15.0 Å². The Balaban J connectivity index is 2.29. The first-order valence-corrected chi connectivity index (χ1v) is 6.12. The second kappa shape index (κ2) is 5.81. The number of imidazole rings is 1.